The number of carbonyl (C=O) groups is 1. The van der Waals surface area contributed by atoms with Crippen LogP contribution in [0.1, 0.15) is 78.1 Å². The number of carbonyl (C=O) groups excluding carboxylic acids is 1. The van der Waals surface area contributed by atoms with E-state index in [1.165, 1.54) is 57.8 Å². The highest BCUT2D eigenvalue weighted by molar-refractivity contribution is 5.87. The van der Waals surface area contributed by atoms with Crippen molar-refractivity contribution in [3.8, 4) is 0 Å². The molecule has 0 spiro atoms. The van der Waals surface area contributed by atoms with Gasteiger partial charge in [-0.25, -0.2) is 0 Å². The standard InChI is InChI=1S/C19H30O/c1-18-11-4-3-5-13(18)6-7-14-15-8-9-17(20)19(15,2)12-10-16(14)18/h13-16H,3-12H2,1-2H3/t13-,14-,15-,16-,18+,19+/m1/s1. The molecule has 1 nitrogen and oxygen atoms in total. The maximum atomic E-state index is 12.4. The molecule has 0 radical (unpaired) electrons. The molecule has 112 valence electrons. The first-order chi connectivity index (χ1) is 9.56. The van der Waals surface area contributed by atoms with E-state index in [4.69, 9.17) is 0 Å². The Morgan fingerprint density at radius 1 is 0.900 bits per heavy atom. The molecule has 0 aromatic carbocycles. The monoisotopic (exact) mass is 274 g/mol. The van der Waals surface area contributed by atoms with E-state index >= 15 is 0 Å². The molecule has 1 heteroatoms. The Hall–Kier alpha value is -0.330. The van der Waals surface area contributed by atoms with Crippen LogP contribution >= 0.6 is 0 Å². The van der Waals surface area contributed by atoms with Crippen LogP contribution in [0.25, 0.3) is 0 Å². The molecule has 0 unspecified atom stereocenters. The fourth-order valence-corrected chi connectivity index (χ4v) is 7.07. The lowest BCUT2D eigenvalue weighted by atomic mass is 9.45. The van der Waals surface area contributed by atoms with E-state index in [1.807, 2.05) is 0 Å². The third kappa shape index (κ3) is 1.58. The number of fused-ring (bicyclic) bond motifs is 5. The van der Waals surface area contributed by atoms with E-state index in [0.717, 1.165) is 30.1 Å². The van der Waals surface area contributed by atoms with E-state index in [1.54, 1.807) is 0 Å². The number of hydrogen-bond acceptors (Lipinski definition) is 1. The Labute approximate surface area is 123 Å². The van der Waals surface area contributed by atoms with E-state index in [2.05, 4.69) is 13.8 Å². The number of rotatable bonds is 0. The lowest BCUT2D eigenvalue weighted by Gasteiger charge is -2.59. The van der Waals surface area contributed by atoms with Gasteiger partial charge in [0.2, 0.25) is 0 Å². The number of hydrogen-bond donors (Lipinski definition) is 0. The highest BCUT2D eigenvalue weighted by Gasteiger charge is 2.59. The van der Waals surface area contributed by atoms with Crippen LogP contribution in [-0.4, -0.2) is 5.78 Å². The molecule has 4 aliphatic rings. The predicted octanol–water partition coefficient (Wildman–Crippen LogP) is 4.99. The number of Topliss-reactive ketones (excluding diaryl/α,β-unsaturated/α-hetero) is 1. The zero-order valence-electron chi connectivity index (χ0n) is 13.3. The molecule has 0 aliphatic heterocycles. The maximum Gasteiger partial charge on any atom is 0.139 e. The summed E-state index contributed by atoms with van der Waals surface area (Å²) >= 11 is 0. The maximum absolute atomic E-state index is 12.4. The van der Waals surface area contributed by atoms with E-state index < -0.39 is 0 Å². The van der Waals surface area contributed by atoms with Gasteiger partial charge in [-0.1, -0.05) is 26.7 Å². The fraction of sp³-hybridized carbons (Fsp3) is 0.947. The molecule has 6 atom stereocenters. The van der Waals surface area contributed by atoms with E-state index in [9.17, 15) is 4.79 Å². The number of ketones is 1. The molecule has 0 amide bonds. The van der Waals surface area contributed by atoms with Crippen LogP contribution in [0.3, 0.4) is 0 Å². The molecule has 0 N–H and O–H groups in total. The van der Waals surface area contributed by atoms with Crippen LogP contribution in [0.2, 0.25) is 0 Å². The van der Waals surface area contributed by atoms with Gasteiger partial charge in [-0.05, 0) is 74.0 Å². The minimum absolute atomic E-state index is 0.0685. The summed E-state index contributed by atoms with van der Waals surface area (Å²) in [6.07, 6.45) is 13.4. The summed E-state index contributed by atoms with van der Waals surface area (Å²) < 4.78 is 0. The SMILES string of the molecule is C[C@]12CCCC[C@@H]1CC[C@H]1[C@H]2CC[C@]2(C)C(=O)CC[C@H]12. The predicted molar refractivity (Wildman–Crippen MR) is 81.4 cm³/mol. The second kappa shape index (κ2) is 4.34. The molecule has 0 saturated heterocycles. The van der Waals surface area contributed by atoms with Crippen molar-refractivity contribution in [2.75, 3.05) is 0 Å². The Morgan fingerprint density at radius 3 is 2.60 bits per heavy atom. The average Bonchev–Trinajstić information content (AvgIpc) is 2.74. The first-order valence-corrected chi connectivity index (χ1v) is 9.09. The van der Waals surface area contributed by atoms with Crippen LogP contribution in [-0.2, 0) is 4.79 Å². The quantitative estimate of drug-likeness (QED) is 0.608. The average molecular weight is 274 g/mol. The molecule has 4 fully saturated rings. The molecule has 0 aromatic rings. The third-order valence-corrected chi connectivity index (χ3v) is 8.29. The molecule has 4 rings (SSSR count). The minimum atomic E-state index is 0.0685. The van der Waals surface area contributed by atoms with Gasteiger partial charge in [-0.2, -0.15) is 0 Å². The lowest BCUT2D eigenvalue weighted by molar-refractivity contribution is -0.138. The Balaban J connectivity index is 1.66. The molecule has 0 heterocycles. The zero-order valence-corrected chi connectivity index (χ0v) is 13.3. The molecule has 20 heavy (non-hydrogen) atoms. The van der Waals surface area contributed by atoms with Gasteiger partial charge in [0.05, 0.1) is 0 Å². The summed E-state index contributed by atoms with van der Waals surface area (Å²) in [6, 6.07) is 0. The molecule has 0 bridgehead atoms. The second-order valence-corrected chi connectivity index (χ2v) is 8.82. The Kier molecular flexibility index (Phi) is 2.89. The van der Waals surface area contributed by atoms with Crippen molar-refractivity contribution in [3.63, 3.8) is 0 Å². The lowest BCUT2D eigenvalue weighted by Crippen LogP contribution is -2.52. The molecular formula is C19H30O. The Bertz CT molecular complexity index is 427. The van der Waals surface area contributed by atoms with Gasteiger partial charge < -0.3 is 0 Å². The van der Waals surface area contributed by atoms with Crippen molar-refractivity contribution >= 4 is 5.78 Å². The van der Waals surface area contributed by atoms with Gasteiger partial charge in [0.25, 0.3) is 0 Å². The molecular weight excluding hydrogens is 244 g/mol. The normalized spacial score (nSPS) is 55.0. The summed E-state index contributed by atoms with van der Waals surface area (Å²) in [5, 5.41) is 0. The van der Waals surface area contributed by atoms with E-state index in [-0.39, 0.29) is 5.41 Å². The van der Waals surface area contributed by atoms with Crippen LogP contribution in [0.4, 0.5) is 0 Å². The fourth-order valence-electron chi connectivity index (χ4n) is 7.07. The van der Waals surface area contributed by atoms with Crippen molar-refractivity contribution in [1.29, 1.82) is 0 Å². The molecule has 0 aromatic heterocycles. The minimum Gasteiger partial charge on any atom is -0.299 e. The van der Waals surface area contributed by atoms with Gasteiger partial charge in [0.15, 0.2) is 0 Å². The highest BCUT2D eigenvalue weighted by atomic mass is 16.1. The second-order valence-electron chi connectivity index (χ2n) is 8.82. The summed E-state index contributed by atoms with van der Waals surface area (Å²) in [4.78, 5) is 12.4. The van der Waals surface area contributed by atoms with Crippen LogP contribution in [0.5, 0.6) is 0 Å². The highest BCUT2D eigenvalue weighted by Crippen LogP contribution is 2.65. The first kappa shape index (κ1) is 13.3. The van der Waals surface area contributed by atoms with Gasteiger partial charge >= 0.3 is 0 Å². The molecule has 4 saturated carbocycles. The summed E-state index contributed by atoms with van der Waals surface area (Å²) in [5.74, 6) is 4.13. The van der Waals surface area contributed by atoms with Gasteiger partial charge in [-0.15, -0.1) is 0 Å². The smallest absolute Gasteiger partial charge is 0.139 e. The summed E-state index contributed by atoms with van der Waals surface area (Å²) in [6.45, 7) is 4.92. The topological polar surface area (TPSA) is 17.1 Å². The summed E-state index contributed by atoms with van der Waals surface area (Å²) in [7, 11) is 0. The van der Waals surface area contributed by atoms with Gasteiger partial charge in [0.1, 0.15) is 5.78 Å². The third-order valence-electron chi connectivity index (χ3n) is 8.29. The van der Waals surface area contributed by atoms with Gasteiger partial charge in [0, 0.05) is 11.8 Å². The first-order valence-electron chi connectivity index (χ1n) is 9.09. The Morgan fingerprint density at radius 2 is 1.75 bits per heavy atom. The largest absolute Gasteiger partial charge is 0.299 e. The van der Waals surface area contributed by atoms with E-state index in [0.29, 0.717) is 11.2 Å². The van der Waals surface area contributed by atoms with Crippen molar-refractivity contribution in [2.45, 2.75) is 78.1 Å². The van der Waals surface area contributed by atoms with Gasteiger partial charge in [-0.3, -0.25) is 4.79 Å². The van der Waals surface area contributed by atoms with Crippen LogP contribution < -0.4 is 0 Å². The van der Waals surface area contributed by atoms with Crippen LogP contribution in [0.15, 0.2) is 0 Å². The van der Waals surface area contributed by atoms with Crippen LogP contribution in [0, 0.1) is 34.5 Å². The van der Waals surface area contributed by atoms with Crippen molar-refractivity contribution < 1.29 is 4.79 Å². The van der Waals surface area contributed by atoms with Crippen molar-refractivity contribution in [1.82, 2.24) is 0 Å². The van der Waals surface area contributed by atoms with Crippen molar-refractivity contribution in [2.24, 2.45) is 34.5 Å². The zero-order chi connectivity index (χ0) is 14.0. The summed E-state index contributed by atoms with van der Waals surface area (Å²) in [5.41, 5.74) is 0.688. The van der Waals surface area contributed by atoms with Crippen molar-refractivity contribution in [3.05, 3.63) is 0 Å². The molecule has 4 aliphatic carbocycles.